The van der Waals surface area contributed by atoms with Crippen LogP contribution in [-0.4, -0.2) is 19.8 Å². The predicted molar refractivity (Wildman–Crippen MR) is 87.8 cm³/mol. The summed E-state index contributed by atoms with van der Waals surface area (Å²) in [5.74, 6) is 0.832. The Bertz CT molecular complexity index is 926. The summed E-state index contributed by atoms with van der Waals surface area (Å²) >= 11 is 1.49. The van der Waals surface area contributed by atoms with Gasteiger partial charge in [0.05, 0.1) is 0 Å². The van der Waals surface area contributed by atoms with Crippen LogP contribution in [0.5, 0.6) is 0 Å². The molecule has 0 radical (unpaired) electrons. The third-order valence-electron chi connectivity index (χ3n) is 3.45. The number of nitrogen functional groups attached to an aromatic ring is 1. The third kappa shape index (κ3) is 2.23. The maximum absolute atomic E-state index is 6.03. The van der Waals surface area contributed by atoms with Gasteiger partial charge in [0.25, 0.3) is 0 Å². The molecule has 4 aromatic rings. The van der Waals surface area contributed by atoms with Crippen LogP contribution in [0.3, 0.4) is 0 Å². The third-order valence-corrected chi connectivity index (χ3v) is 4.38. The summed E-state index contributed by atoms with van der Waals surface area (Å²) in [7, 11) is 0. The molecule has 22 heavy (non-hydrogen) atoms. The topological polar surface area (TPSA) is 69.1 Å². The molecular weight excluding hydrogens is 294 g/mol. The maximum atomic E-state index is 6.03. The van der Waals surface area contributed by atoms with Crippen LogP contribution in [0.1, 0.15) is 11.4 Å². The number of rotatable bonds is 3. The Morgan fingerprint density at radius 2 is 1.73 bits per heavy atom. The lowest BCUT2D eigenvalue weighted by Gasteiger charge is -2.00. The minimum absolute atomic E-state index is 0.704. The minimum Gasteiger partial charge on any atom is -0.398 e. The Kier molecular flexibility index (Phi) is 3.08. The Morgan fingerprint density at radius 1 is 0.955 bits per heavy atom. The molecule has 0 unspecified atom stereocenters. The molecule has 2 N–H and O–H groups in total. The molecule has 4 rings (SSSR count). The normalized spacial score (nSPS) is 11.1. The van der Waals surface area contributed by atoms with Crippen LogP contribution < -0.4 is 5.73 Å². The highest BCUT2D eigenvalue weighted by atomic mass is 32.1. The smallest absolute Gasteiger partial charge is 0.234 e. The molecule has 0 atom stereocenters. The van der Waals surface area contributed by atoms with Crippen molar-refractivity contribution in [3.8, 4) is 10.6 Å². The van der Waals surface area contributed by atoms with Crippen molar-refractivity contribution in [3.05, 3.63) is 66.0 Å². The fraction of sp³-hybridized carbons (Fsp3) is 0.0625. The first kappa shape index (κ1) is 13.0. The molecule has 0 bridgehead atoms. The quantitative estimate of drug-likeness (QED) is 0.591. The van der Waals surface area contributed by atoms with Gasteiger partial charge in [-0.15, -0.1) is 10.2 Å². The second kappa shape index (κ2) is 5.23. The first-order valence-corrected chi connectivity index (χ1v) is 7.73. The summed E-state index contributed by atoms with van der Waals surface area (Å²) in [6.45, 7) is 0. The van der Waals surface area contributed by atoms with Crippen molar-refractivity contribution in [2.24, 2.45) is 0 Å². The standard InChI is InChI=1S/C16H13N5S/c17-13-9-5-4-8-12(13)15-20-21-14(18-19-16(21)22-15)10-11-6-2-1-3-7-11/h1-9H,10,17H2. The zero-order chi connectivity index (χ0) is 14.9. The van der Waals surface area contributed by atoms with Crippen molar-refractivity contribution in [3.63, 3.8) is 0 Å². The van der Waals surface area contributed by atoms with Gasteiger partial charge >= 0.3 is 0 Å². The highest BCUT2D eigenvalue weighted by Crippen LogP contribution is 2.29. The zero-order valence-electron chi connectivity index (χ0n) is 11.7. The van der Waals surface area contributed by atoms with E-state index < -0.39 is 0 Å². The monoisotopic (exact) mass is 307 g/mol. The number of nitrogens with zero attached hydrogens (tertiary/aromatic N) is 4. The minimum atomic E-state index is 0.704. The summed E-state index contributed by atoms with van der Waals surface area (Å²) in [4.78, 5) is 0.782. The number of hydrogen-bond acceptors (Lipinski definition) is 5. The van der Waals surface area contributed by atoms with E-state index in [1.54, 1.807) is 4.52 Å². The van der Waals surface area contributed by atoms with Crippen LogP contribution in [0.2, 0.25) is 0 Å². The van der Waals surface area contributed by atoms with Crippen LogP contribution in [-0.2, 0) is 6.42 Å². The van der Waals surface area contributed by atoms with Crippen LogP contribution in [0.15, 0.2) is 54.6 Å². The number of benzene rings is 2. The highest BCUT2D eigenvalue weighted by molar-refractivity contribution is 7.19. The van der Waals surface area contributed by atoms with Crippen molar-refractivity contribution >= 4 is 22.0 Å². The average molecular weight is 307 g/mol. The second-order valence-corrected chi connectivity index (χ2v) is 5.92. The molecule has 0 saturated carbocycles. The number of fused-ring (bicyclic) bond motifs is 1. The zero-order valence-corrected chi connectivity index (χ0v) is 12.5. The second-order valence-electron chi connectivity index (χ2n) is 4.97. The van der Waals surface area contributed by atoms with Gasteiger partial charge in [0.15, 0.2) is 5.82 Å². The van der Waals surface area contributed by atoms with Gasteiger partial charge in [-0.25, -0.2) is 0 Å². The van der Waals surface area contributed by atoms with Crippen molar-refractivity contribution in [1.29, 1.82) is 0 Å². The van der Waals surface area contributed by atoms with Gasteiger partial charge in [-0.2, -0.15) is 9.61 Å². The molecule has 0 aliphatic rings. The summed E-state index contributed by atoms with van der Waals surface area (Å²) in [6, 6.07) is 17.9. The molecule has 2 aromatic heterocycles. The summed E-state index contributed by atoms with van der Waals surface area (Å²) in [5, 5.41) is 13.9. The molecule has 108 valence electrons. The summed E-state index contributed by atoms with van der Waals surface area (Å²) in [5.41, 5.74) is 8.87. The van der Waals surface area contributed by atoms with E-state index in [1.165, 1.54) is 16.9 Å². The molecule has 0 aliphatic carbocycles. The van der Waals surface area contributed by atoms with Gasteiger partial charge < -0.3 is 5.73 Å². The van der Waals surface area contributed by atoms with Gasteiger partial charge in [-0.1, -0.05) is 53.8 Å². The molecule has 0 saturated heterocycles. The van der Waals surface area contributed by atoms with Crippen LogP contribution in [0, 0.1) is 0 Å². The van der Waals surface area contributed by atoms with E-state index in [9.17, 15) is 0 Å². The van der Waals surface area contributed by atoms with E-state index in [-0.39, 0.29) is 0 Å². The lowest BCUT2D eigenvalue weighted by Crippen LogP contribution is -1.98. The highest BCUT2D eigenvalue weighted by Gasteiger charge is 2.14. The largest absolute Gasteiger partial charge is 0.398 e. The first-order valence-electron chi connectivity index (χ1n) is 6.91. The number of aromatic nitrogens is 4. The van der Waals surface area contributed by atoms with Crippen LogP contribution >= 0.6 is 11.3 Å². The van der Waals surface area contributed by atoms with E-state index in [0.29, 0.717) is 6.42 Å². The van der Waals surface area contributed by atoms with Gasteiger partial charge in [0.2, 0.25) is 4.96 Å². The lowest BCUT2D eigenvalue weighted by atomic mass is 10.1. The van der Waals surface area contributed by atoms with Crippen molar-refractivity contribution in [1.82, 2.24) is 19.8 Å². The van der Waals surface area contributed by atoms with E-state index in [4.69, 9.17) is 5.73 Å². The predicted octanol–water partition coefficient (Wildman–Crippen LogP) is 3.03. The van der Waals surface area contributed by atoms with E-state index in [2.05, 4.69) is 27.4 Å². The Morgan fingerprint density at radius 3 is 2.55 bits per heavy atom. The fourth-order valence-electron chi connectivity index (χ4n) is 2.35. The number of anilines is 1. The molecule has 5 nitrogen and oxygen atoms in total. The van der Waals surface area contributed by atoms with E-state index in [1.807, 2.05) is 42.5 Å². The molecule has 0 fully saturated rings. The van der Waals surface area contributed by atoms with Crippen molar-refractivity contribution in [2.45, 2.75) is 6.42 Å². The van der Waals surface area contributed by atoms with E-state index in [0.717, 1.165) is 27.0 Å². The summed E-state index contributed by atoms with van der Waals surface area (Å²) < 4.78 is 1.80. The summed E-state index contributed by atoms with van der Waals surface area (Å²) in [6.07, 6.45) is 0.704. The Labute approximate surface area is 131 Å². The molecule has 0 aliphatic heterocycles. The van der Waals surface area contributed by atoms with Crippen LogP contribution in [0.25, 0.3) is 15.5 Å². The van der Waals surface area contributed by atoms with Gasteiger partial charge in [-0.3, -0.25) is 0 Å². The van der Waals surface area contributed by atoms with Gasteiger partial charge in [0.1, 0.15) is 5.01 Å². The molecule has 0 spiro atoms. The van der Waals surface area contributed by atoms with Gasteiger partial charge in [-0.05, 0) is 17.7 Å². The fourth-order valence-corrected chi connectivity index (χ4v) is 3.25. The lowest BCUT2D eigenvalue weighted by molar-refractivity contribution is 0.854. The number of para-hydroxylation sites is 1. The molecule has 6 heteroatoms. The Hall–Kier alpha value is -2.73. The first-order chi connectivity index (χ1) is 10.8. The van der Waals surface area contributed by atoms with Gasteiger partial charge in [0, 0.05) is 17.7 Å². The number of nitrogens with two attached hydrogens (primary N) is 1. The maximum Gasteiger partial charge on any atom is 0.234 e. The number of hydrogen-bond donors (Lipinski definition) is 1. The SMILES string of the molecule is Nc1ccccc1-c1nn2c(Cc3ccccc3)nnc2s1. The molecule has 2 heterocycles. The molecule has 0 amide bonds. The molecular formula is C16H13N5S. The Balaban J connectivity index is 1.75. The molecule has 2 aromatic carbocycles. The van der Waals surface area contributed by atoms with E-state index >= 15 is 0 Å². The van der Waals surface area contributed by atoms with Crippen LogP contribution in [0.4, 0.5) is 5.69 Å². The average Bonchev–Trinajstić information content (AvgIpc) is 3.11. The van der Waals surface area contributed by atoms with Crippen molar-refractivity contribution in [2.75, 3.05) is 5.73 Å². The van der Waals surface area contributed by atoms with Crippen molar-refractivity contribution < 1.29 is 0 Å².